The van der Waals surface area contributed by atoms with Crippen LogP contribution >= 0.6 is 15.9 Å². The van der Waals surface area contributed by atoms with E-state index in [9.17, 15) is 0 Å². The second kappa shape index (κ2) is 4.41. The number of nitrogen functional groups attached to an aromatic ring is 1. The van der Waals surface area contributed by atoms with Crippen LogP contribution in [-0.2, 0) is 0 Å². The molecule has 0 fully saturated rings. The molecule has 0 aliphatic heterocycles. The molecule has 16 heavy (non-hydrogen) atoms. The molecule has 0 atom stereocenters. The minimum absolute atomic E-state index is 0.203. The second-order valence-electron chi connectivity index (χ2n) is 5.55. The number of benzene rings is 1. The first-order valence-electron chi connectivity index (χ1n) is 5.37. The van der Waals surface area contributed by atoms with Gasteiger partial charge in [-0.2, -0.15) is 0 Å². The monoisotopic (exact) mass is 301 g/mol. The van der Waals surface area contributed by atoms with E-state index in [0.29, 0.717) is 0 Å². The Morgan fingerprint density at radius 2 is 1.81 bits per heavy atom. The molecule has 0 unspecified atom stereocenters. The predicted octanol–water partition coefficient (Wildman–Crippen LogP) is 4.42. The molecular weight excluding hydrogens is 282 g/mol. The molecule has 4 heteroatoms. The fraction of sp³-hybridized carbons (Fsp3) is 0.500. The maximum Gasteiger partial charge on any atom is 0.250 e. The van der Waals surface area contributed by atoms with Gasteiger partial charge in [-0.05, 0) is 46.2 Å². The highest BCUT2D eigenvalue weighted by Gasteiger charge is 2.38. The summed E-state index contributed by atoms with van der Waals surface area (Å²) >= 11 is 3.38. The first-order valence-corrected chi connectivity index (χ1v) is 9.08. The van der Waals surface area contributed by atoms with Crippen LogP contribution in [0.15, 0.2) is 22.7 Å². The molecule has 0 aliphatic rings. The third-order valence-corrected chi connectivity index (χ3v) is 8.23. The molecule has 0 saturated heterocycles. The molecule has 1 aromatic rings. The lowest BCUT2D eigenvalue weighted by Crippen LogP contribution is -2.43. The van der Waals surface area contributed by atoms with Gasteiger partial charge in [-0.3, -0.25) is 0 Å². The Morgan fingerprint density at radius 1 is 1.25 bits per heavy atom. The van der Waals surface area contributed by atoms with Crippen LogP contribution in [0.25, 0.3) is 0 Å². The lowest BCUT2D eigenvalue weighted by Gasteiger charge is -2.36. The predicted molar refractivity (Wildman–Crippen MR) is 76.4 cm³/mol. The Bertz CT molecular complexity index is 385. The highest BCUT2D eigenvalue weighted by Crippen LogP contribution is 2.38. The highest BCUT2D eigenvalue weighted by molar-refractivity contribution is 9.10. The Balaban J connectivity index is 2.93. The number of hydrogen-bond donors (Lipinski definition) is 1. The van der Waals surface area contributed by atoms with E-state index in [0.717, 1.165) is 15.9 Å². The van der Waals surface area contributed by atoms with Crippen LogP contribution in [0.1, 0.15) is 20.8 Å². The van der Waals surface area contributed by atoms with Gasteiger partial charge in [0.1, 0.15) is 5.75 Å². The van der Waals surface area contributed by atoms with Crippen LogP contribution in [0.5, 0.6) is 5.75 Å². The van der Waals surface area contributed by atoms with Crippen LogP contribution in [0.4, 0.5) is 5.69 Å². The molecule has 0 heterocycles. The fourth-order valence-corrected chi connectivity index (χ4v) is 2.30. The van der Waals surface area contributed by atoms with Crippen LogP contribution in [0, 0.1) is 0 Å². The quantitative estimate of drug-likeness (QED) is 0.648. The average molecular weight is 302 g/mol. The summed E-state index contributed by atoms with van der Waals surface area (Å²) in [5, 5.41) is 0.203. The zero-order valence-electron chi connectivity index (χ0n) is 10.6. The van der Waals surface area contributed by atoms with Crippen LogP contribution in [0.3, 0.4) is 0 Å². The van der Waals surface area contributed by atoms with Crippen molar-refractivity contribution in [3.05, 3.63) is 22.7 Å². The molecule has 0 amide bonds. The molecule has 0 aliphatic carbocycles. The van der Waals surface area contributed by atoms with Gasteiger partial charge in [-0.1, -0.05) is 20.8 Å². The van der Waals surface area contributed by atoms with E-state index in [1.165, 1.54) is 0 Å². The minimum atomic E-state index is -1.76. The lowest BCUT2D eigenvalue weighted by atomic mass is 10.2. The van der Waals surface area contributed by atoms with Crippen molar-refractivity contribution in [2.24, 2.45) is 0 Å². The summed E-state index contributed by atoms with van der Waals surface area (Å²) in [5.41, 5.74) is 6.56. The second-order valence-corrected chi connectivity index (χ2v) is 11.1. The van der Waals surface area contributed by atoms with Crippen molar-refractivity contribution in [1.82, 2.24) is 0 Å². The van der Waals surface area contributed by atoms with Crippen molar-refractivity contribution < 1.29 is 4.43 Å². The first kappa shape index (κ1) is 13.6. The van der Waals surface area contributed by atoms with E-state index < -0.39 is 8.32 Å². The maximum atomic E-state index is 6.14. The number of anilines is 1. The smallest absolute Gasteiger partial charge is 0.250 e. The van der Waals surface area contributed by atoms with E-state index >= 15 is 0 Å². The third-order valence-electron chi connectivity index (χ3n) is 3.15. The Kier molecular flexibility index (Phi) is 3.75. The van der Waals surface area contributed by atoms with Gasteiger partial charge < -0.3 is 10.2 Å². The lowest BCUT2D eigenvalue weighted by molar-refractivity contribution is 0.492. The van der Waals surface area contributed by atoms with Crippen molar-refractivity contribution in [2.75, 3.05) is 5.73 Å². The number of rotatable bonds is 2. The van der Waals surface area contributed by atoms with Crippen molar-refractivity contribution >= 4 is 29.9 Å². The van der Waals surface area contributed by atoms with Gasteiger partial charge in [0.05, 0.1) is 0 Å². The third kappa shape index (κ3) is 3.01. The number of hydrogen-bond acceptors (Lipinski definition) is 2. The Labute approximate surface area is 107 Å². The van der Waals surface area contributed by atoms with Crippen molar-refractivity contribution in [1.29, 1.82) is 0 Å². The standard InChI is InChI=1S/C12H20BrNOSi/c1-12(2,3)16(4,5)15-9-6-7-10(13)11(14)8-9/h6-8H,14H2,1-5H3. The summed E-state index contributed by atoms with van der Waals surface area (Å²) in [6, 6.07) is 5.77. The highest BCUT2D eigenvalue weighted by atomic mass is 79.9. The molecule has 0 aromatic heterocycles. The van der Waals surface area contributed by atoms with Gasteiger partial charge in [-0.15, -0.1) is 0 Å². The van der Waals surface area contributed by atoms with E-state index in [-0.39, 0.29) is 5.04 Å². The summed E-state index contributed by atoms with van der Waals surface area (Å²) in [5.74, 6) is 0.868. The zero-order valence-corrected chi connectivity index (χ0v) is 13.2. The van der Waals surface area contributed by atoms with E-state index in [2.05, 4.69) is 49.8 Å². The van der Waals surface area contributed by atoms with E-state index in [4.69, 9.17) is 10.2 Å². The Morgan fingerprint density at radius 3 is 2.25 bits per heavy atom. The molecule has 90 valence electrons. The normalized spacial score (nSPS) is 12.6. The summed E-state index contributed by atoms with van der Waals surface area (Å²) in [6.07, 6.45) is 0. The zero-order chi connectivity index (χ0) is 12.6. The molecule has 1 rings (SSSR count). The minimum Gasteiger partial charge on any atom is -0.543 e. The maximum absolute atomic E-state index is 6.14. The largest absolute Gasteiger partial charge is 0.543 e. The Hall–Kier alpha value is -0.483. The molecular formula is C12H20BrNOSi. The number of halogens is 1. The molecule has 1 aromatic carbocycles. The summed E-state index contributed by atoms with van der Waals surface area (Å²) in [6.45, 7) is 11.1. The first-order chi connectivity index (χ1) is 7.13. The molecule has 0 bridgehead atoms. The van der Waals surface area contributed by atoms with E-state index in [1.807, 2.05) is 18.2 Å². The van der Waals surface area contributed by atoms with Gasteiger partial charge >= 0.3 is 0 Å². The fourth-order valence-electron chi connectivity index (χ4n) is 1.03. The van der Waals surface area contributed by atoms with Crippen LogP contribution in [0.2, 0.25) is 18.1 Å². The molecule has 0 spiro atoms. The van der Waals surface area contributed by atoms with Gasteiger partial charge in [0.15, 0.2) is 0 Å². The van der Waals surface area contributed by atoms with Crippen molar-refractivity contribution in [2.45, 2.75) is 38.9 Å². The van der Waals surface area contributed by atoms with Crippen LogP contribution < -0.4 is 10.2 Å². The van der Waals surface area contributed by atoms with Gasteiger partial charge in [0.25, 0.3) is 0 Å². The van der Waals surface area contributed by atoms with Gasteiger partial charge in [0, 0.05) is 16.2 Å². The summed E-state index contributed by atoms with van der Waals surface area (Å²) < 4.78 is 7.05. The van der Waals surface area contributed by atoms with E-state index in [1.54, 1.807) is 0 Å². The molecule has 0 radical (unpaired) electrons. The SMILES string of the molecule is CC(C)(C)[Si](C)(C)Oc1ccc(Br)c(N)c1. The molecule has 2 N–H and O–H groups in total. The van der Waals surface area contributed by atoms with Crippen LogP contribution in [-0.4, -0.2) is 8.32 Å². The number of nitrogens with two attached hydrogens (primary N) is 1. The van der Waals surface area contributed by atoms with Gasteiger partial charge in [-0.25, -0.2) is 0 Å². The molecule has 0 saturated carbocycles. The van der Waals surface area contributed by atoms with Crippen molar-refractivity contribution in [3.63, 3.8) is 0 Å². The summed E-state index contributed by atoms with van der Waals surface area (Å²) in [4.78, 5) is 0. The topological polar surface area (TPSA) is 35.2 Å². The summed E-state index contributed by atoms with van der Waals surface area (Å²) in [7, 11) is -1.76. The molecule has 2 nitrogen and oxygen atoms in total. The average Bonchev–Trinajstić information content (AvgIpc) is 2.09. The van der Waals surface area contributed by atoms with Crippen molar-refractivity contribution in [3.8, 4) is 5.75 Å². The van der Waals surface area contributed by atoms with Gasteiger partial charge in [0.2, 0.25) is 8.32 Å².